The first kappa shape index (κ1) is 15.2. The molecule has 1 aromatic rings. The van der Waals surface area contributed by atoms with Gasteiger partial charge in [-0.15, -0.1) is 0 Å². The third-order valence-corrected chi connectivity index (χ3v) is 4.04. The van der Waals surface area contributed by atoms with Crippen molar-refractivity contribution < 1.29 is 14.3 Å². The van der Waals surface area contributed by atoms with Crippen molar-refractivity contribution >= 4 is 11.7 Å². The van der Waals surface area contributed by atoms with Crippen molar-refractivity contribution in [2.24, 2.45) is 5.92 Å². The standard InChI is InChI=1S/C15H22N4O3/c20-15(12-2-7-21-8-3-12)17-11-13-16-4-1-14(18-13)19-5-9-22-10-6-19/h1,4,12H,2-3,5-11H2,(H,17,20). The van der Waals surface area contributed by atoms with E-state index < -0.39 is 0 Å². The fourth-order valence-corrected chi connectivity index (χ4v) is 2.71. The molecule has 2 saturated heterocycles. The normalized spacial score (nSPS) is 19.9. The van der Waals surface area contributed by atoms with Crippen LogP contribution >= 0.6 is 0 Å². The van der Waals surface area contributed by atoms with E-state index in [1.807, 2.05) is 6.07 Å². The fraction of sp³-hybridized carbons (Fsp3) is 0.667. The van der Waals surface area contributed by atoms with E-state index >= 15 is 0 Å². The number of rotatable bonds is 4. The van der Waals surface area contributed by atoms with Gasteiger partial charge in [0.05, 0.1) is 19.8 Å². The average Bonchev–Trinajstić information content (AvgIpc) is 2.61. The van der Waals surface area contributed by atoms with E-state index in [-0.39, 0.29) is 11.8 Å². The van der Waals surface area contributed by atoms with Gasteiger partial charge in [-0.1, -0.05) is 0 Å². The van der Waals surface area contributed by atoms with Crippen LogP contribution in [-0.4, -0.2) is 55.4 Å². The average molecular weight is 306 g/mol. The zero-order chi connectivity index (χ0) is 15.2. The van der Waals surface area contributed by atoms with E-state index in [1.165, 1.54) is 0 Å². The molecule has 2 aliphatic heterocycles. The number of hydrogen-bond donors (Lipinski definition) is 1. The zero-order valence-corrected chi connectivity index (χ0v) is 12.7. The Labute approximate surface area is 130 Å². The number of ether oxygens (including phenoxy) is 2. The molecule has 7 heteroatoms. The predicted octanol–water partition coefficient (Wildman–Crippen LogP) is 0.356. The molecule has 3 rings (SSSR count). The number of aromatic nitrogens is 2. The van der Waals surface area contributed by atoms with Crippen LogP contribution in [0.3, 0.4) is 0 Å². The number of morpholine rings is 1. The molecule has 0 saturated carbocycles. The Morgan fingerprint density at radius 3 is 2.73 bits per heavy atom. The number of nitrogens with one attached hydrogen (secondary N) is 1. The van der Waals surface area contributed by atoms with Gasteiger partial charge in [0.1, 0.15) is 11.6 Å². The molecule has 3 heterocycles. The topological polar surface area (TPSA) is 76.6 Å². The lowest BCUT2D eigenvalue weighted by atomic mass is 9.99. The van der Waals surface area contributed by atoms with Gasteiger partial charge >= 0.3 is 0 Å². The maximum Gasteiger partial charge on any atom is 0.223 e. The van der Waals surface area contributed by atoms with Crippen LogP contribution in [0.25, 0.3) is 0 Å². The first-order valence-corrected chi connectivity index (χ1v) is 7.83. The van der Waals surface area contributed by atoms with Crippen molar-refractivity contribution in [3.05, 3.63) is 18.1 Å². The van der Waals surface area contributed by atoms with Crippen LogP contribution in [-0.2, 0) is 20.8 Å². The monoisotopic (exact) mass is 306 g/mol. The van der Waals surface area contributed by atoms with Crippen LogP contribution in [0.1, 0.15) is 18.7 Å². The Balaban J connectivity index is 1.54. The molecular weight excluding hydrogens is 284 g/mol. The Bertz CT molecular complexity index is 499. The summed E-state index contributed by atoms with van der Waals surface area (Å²) in [5, 5.41) is 2.94. The van der Waals surface area contributed by atoms with E-state index in [9.17, 15) is 4.79 Å². The van der Waals surface area contributed by atoms with E-state index in [0.29, 0.717) is 25.6 Å². The summed E-state index contributed by atoms with van der Waals surface area (Å²) in [4.78, 5) is 23.1. The molecule has 120 valence electrons. The van der Waals surface area contributed by atoms with Gasteiger partial charge in [-0.25, -0.2) is 9.97 Å². The SMILES string of the molecule is O=C(NCc1nccc(N2CCOCC2)n1)C1CCOCC1. The molecule has 0 aromatic carbocycles. The molecule has 0 spiro atoms. The minimum Gasteiger partial charge on any atom is -0.381 e. The van der Waals surface area contributed by atoms with Crippen LogP contribution in [0.15, 0.2) is 12.3 Å². The Kier molecular flexibility index (Phi) is 5.18. The molecule has 7 nitrogen and oxygen atoms in total. The van der Waals surface area contributed by atoms with Gasteiger partial charge < -0.3 is 19.7 Å². The molecule has 2 aliphatic rings. The quantitative estimate of drug-likeness (QED) is 0.865. The Hall–Kier alpha value is -1.73. The molecule has 2 fully saturated rings. The van der Waals surface area contributed by atoms with Gasteiger partial charge in [0.15, 0.2) is 0 Å². The highest BCUT2D eigenvalue weighted by Gasteiger charge is 2.21. The molecule has 0 unspecified atom stereocenters. The predicted molar refractivity (Wildman–Crippen MR) is 80.5 cm³/mol. The van der Waals surface area contributed by atoms with Crippen LogP contribution in [0, 0.1) is 5.92 Å². The molecular formula is C15H22N4O3. The maximum absolute atomic E-state index is 12.1. The second kappa shape index (κ2) is 7.51. The fourth-order valence-electron chi connectivity index (χ4n) is 2.71. The first-order valence-electron chi connectivity index (χ1n) is 7.83. The summed E-state index contributed by atoms with van der Waals surface area (Å²) < 4.78 is 10.6. The third kappa shape index (κ3) is 3.92. The van der Waals surface area contributed by atoms with Crippen molar-refractivity contribution in [2.75, 3.05) is 44.4 Å². The van der Waals surface area contributed by atoms with Crippen molar-refractivity contribution in [3.63, 3.8) is 0 Å². The van der Waals surface area contributed by atoms with Gasteiger partial charge in [-0.05, 0) is 18.9 Å². The van der Waals surface area contributed by atoms with Crippen molar-refractivity contribution in [1.29, 1.82) is 0 Å². The number of amides is 1. The largest absolute Gasteiger partial charge is 0.381 e. The first-order chi connectivity index (χ1) is 10.8. The molecule has 1 aromatic heterocycles. The lowest BCUT2D eigenvalue weighted by molar-refractivity contribution is -0.128. The minimum atomic E-state index is 0.0520. The van der Waals surface area contributed by atoms with Crippen molar-refractivity contribution in [2.45, 2.75) is 19.4 Å². The van der Waals surface area contributed by atoms with Gasteiger partial charge in [0.25, 0.3) is 0 Å². The number of carbonyl (C=O) groups is 1. The summed E-state index contributed by atoms with van der Waals surface area (Å²) in [6.45, 7) is 4.83. The Morgan fingerprint density at radius 2 is 1.95 bits per heavy atom. The smallest absolute Gasteiger partial charge is 0.223 e. The summed E-state index contributed by atoms with van der Waals surface area (Å²) in [7, 11) is 0. The second-order valence-electron chi connectivity index (χ2n) is 5.53. The highest BCUT2D eigenvalue weighted by atomic mass is 16.5. The van der Waals surface area contributed by atoms with Crippen LogP contribution < -0.4 is 10.2 Å². The molecule has 1 amide bonds. The van der Waals surface area contributed by atoms with Gasteiger partial charge in [0.2, 0.25) is 5.91 Å². The molecule has 0 atom stereocenters. The zero-order valence-electron chi connectivity index (χ0n) is 12.7. The summed E-state index contributed by atoms with van der Waals surface area (Å²) in [6, 6.07) is 1.90. The van der Waals surface area contributed by atoms with Crippen molar-refractivity contribution in [1.82, 2.24) is 15.3 Å². The van der Waals surface area contributed by atoms with Crippen molar-refractivity contribution in [3.8, 4) is 0 Å². The van der Waals surface area contributed by atoms with Gasteiger partial charge in [0, 0.05) is 38.4 Å². The number of nitrogens with zero attached hydrogens (tertiary/aromatic N) is 3. The van der Waals surface area contributed by atoms with Gasteiger partial charge in [-0.3, -0.25) is 4.79 Å². The second-order valence-corrected chi connectivity index (χ2v) is 5.53. The number of hydrogen-bond acceptors (Lipinski definition) is 6. The van der Waals surface area contributed by atoms with Crippen LogP contribution in [0.4, 0.5) is 5.82 Å². The Morgan fingerprint density at radius 1 is 1.23 bits per heavy atom. The molecule has 0 radical (unpaired) electrons. The summed E-state index contributed by atoms with van der Waals surface area (Å²) in [6.07, 6.45) is 3.33. The van der Waals surface area contributed by atoms with Gasteiger partial charge in [-0.2, -0.15) is 0 Å². The maximum atomic E-state index is 12.1. The molecule has 0 aliphatic carbocycles. The number of anilines is 1. The van der Waals surface area contributed by atoms with E-state index in [0.717, 1.165) is 45.0 Å². The molecule has 1 N–H and O–H groups in total. The summed E-state index contributed by atoms with van der Waals surface area (Å²) in [5.41, 5.74) is 0. The van der Waals surface area contributed by atoms with Crippen LogP contribution in [0.5, 0.6) is 0 Å². The van der Waals surface area contributed by atoms with Crippen LogP contribution in [0.2, 0.25) is 0 Å². The lowest BCUT2D eigenvalue weighted by Gasteiger charge is -2.27. The summed E-state index contributed by atoms with van der Waals surface area (Å²) in [5.74, 6) is 1.66. The van der Waals surface area contributed by atoms with E-state index in [4.69, 9.17) is 9.47 Å². The van der Waals surface area contributed by atoms with E-state index in [2.05, 4.69) is 20.2 Å². The lowest BCUT2D eigenvalue weighted by Crippen LogP contribution is -2.37. The minimum absolute atomic E-state index is 0.0520. The molecule has 0 bridgehead atoms. The summed E-state index contributed by atoms with van der Waals surface area (Å²) >= 11 is 0. The third-order valence-electron chi connectivity index (χ3n) is 4.04. The van der Waals surface area contributed by atoms with E-state index in [1.54, 1.807) is 6.20 Å². The highest BCUT2D eigenvalue weighted by molar-refractivity contribution is 5.78. The highest BCUT2D eigenvalue weighted by Crippen LogP contribution is 2.15. The number of carbonyl (C=O) groups excluding carboxylic acids is 1. The molecule has 22 heavy (non-hydrogen) atoms.